The number of nitrogens with one attached hydrogen (secondary N) is 1. The van der Waals surface area contributed by atoms with Crippen molar-refractivity contribution in [3.8, 4) is 0 Å². The Morgan fingerprint density at radius 3 is 2.65 bits per heavy atom. The minimum Gasteiger partial charge on any atom is -0.314 e. The first-order valence-corrected chi connectivity index (χ1v) is 9.15. The van der Waals surface area contributed by atoms with Crippen LogP contribution < -0.4 is 4.72 Å². The van der Waals surface area contributed by atoms with E-state index in [4.69, 9.17) is 0 Å². The molecule has 6 nitrogen and oxygen atoms in total. The van der Waals surface area contributed by atoms with Crippen LogP contribution in [0.5, 0.6) is 0 Å². The highest BCUT2D eigenvalue weighted by molar-refractivity contribution is 7.89. The van der Waals surface area contributed by atoms with Gasteiger partial charge in [0.25, 0.3) is 0 Å². The Hall–Kier alpha value is -1.80. The van der Waals surface area contributed by atoms with Crippen molar-refractivity contribution in [2.45, 2.75) is 50.1 Å². The first-order chi connectivity index (χ1) is 11.0. The Morgan fingerprint density at radius 2 is 1.91 bits per heavy atom. The summed E-state index contributed by atoms with van der Waals surface area (Å²) in [5.41, 5.74) is 0. The molecule has 23 heavy (non-hydrogen) atoms. The maximum absolute atomic E-state index is 13.0. The normalized spacial score (nSPS) is 16.6. The molecule has 0 saturated carbocycles. The van der Waals surface area contributed by atoms with Gasteiger partial charge in [-0.15, -0.1) is 10.2 Å². The summed E-state index contributed by atoms with van der Waals surface area (Å²) in [6.45, 7) is 2.55. The number of rotatable bonds is 4. The van der Waals surface area contributed by atoms with Crippen LogP contribution in [-0.2, 0) is 23.0 Å². The van der Waals surface area contributed by atoms with E-state index in [0.29, 0.717) is 5.82 Å². The van der Waals surface area contributed by atoms with Gasteiger partial charge >= 0.3 is 0 Å². The van der Waals surface area contributed by atoms with Crippen LogP contribution in [0, 0.1) is 5.82 Å². The van der Waals surface area contributed by atoms with Crippen LogP contribution in [0.4, 0.5) is 4.39 Å². The molecule has 124 valence electrons. The van der Waals surface area contributed by atoms with Crippen molar-refractivity contribution in [3.63, 3.8) is 0 Å². The molecule has 2 heterocycles. The van der Waals surface area contributed by atoms with Gasteiger partial charge in [0.2, 0.25) is 10.0 Å². The molecule has 0 fully saturated rings. The zero-order valence-corrected chi connectivity index (χ0v) is 13.7. The average molecular weight is 338 g/mol. The van der Waals surface area contributed by atoms with E-state index in [2.05, 4.69) is 14.9 Å². The van der Waals surface area contributed by atoms with E-state index < -0.39 is 21.9 Å². The number of fused-ring (bicyclic) bond motifs is 1. The molecule has 0 radical (unpaired) electrons. The average Bonchev–Trinajstić information content (AvgIpc) is 2.76. The van der Waals surface area contributed by atoms with Gasteiger partial charge in [-0.25, -0.2) is 17.5 Å². The van der Waals surface area contributed by atoms with E-state index in [-0.39, 0.29) is 4.90 Å². The molecule has 0 bridgehead atoms. The second-order valence-electron chi connectivity index (χ2n) is 5.73. The van der Waals surface area contributed by atoms with Crippen LogP contribution in [0.15, 0.2) is 29.2 Å². The number of sulfonamides is 1. The molecule has 1 aromatic heterocycles. The van der Waals surface area contributed by atoms with Crippen molar-refractivity contribution in [3.05, 3.63) is 41.7 Å². The van der Waals surface area contributed by atoms with Gasteiger partial charge in [-0.2, -0.15) is 0 Å². The summed E-state index contributed by atoms with van der Waals surface area (Å²) in [6.07, 6.45) is 4.12. The molecule has 2 aromatic rings. The zero-order valence-electron chi connectivity index (χ0n) is 12.9. The van der Waals surface area contributed by atoms with Crippen molar-refractivity contribution in [2.24, 2.45) is 0 Å². The molecule has 3 rings (SSSR count). The summed E-state index contributed by atoms with van der Waals surface area (Å²) in [7, 11) is -3.74. The molecule has 1 unspecified atom stereocenters. The smallest absolute Gasteiger partial charge is 0.241 e. The Balaban J connectivity index is 1.83. The fourth-order valence-electron chi connectivity index (χ4n) is 2.80. The summed E-state index contributed by atoms with van der Waals surface area (Å²) < 4.78 is 42.3. The molecule has 0 spiro atoms. The Bertz CT molecular complexity index is 786. The van der Waals surface area contributed by atoms with Crippen LogP contribution in [-0.4, -0.2) is 23.2 Å². The number of benzene rings is 1. The molecule has 8 heteroatoms. The third-order valence-electron chi connectivity index (χ3n) is 3.98. The monoisotopic (exact) mass is 338 g/mol. The van der Waals surface area contributed by atoms with Gasteiger partial charge in [-0.3, -0.25) is 0 Å². The molecular weight excluding hydrogens is 319 g/mol. The van der Waals surface area contributed by atoms with E-state index in [9.17, 15) is 12.8 Å². The third kappa shape index (κ3) is 3.42. The topological polar surface area (TPSA) is 76.9 Å². The Morgan fingerprint density at radius 1 is 1.17 bits per heavy atom. The minimum absolute atomic E-state index is 0.0290. The number of hydrogen-bond donors (Lipinski definition) is 1. The molecule has 0 saturated heterocycles. The van der Waals surface area contributed by atoms with Gasteiger partial charge in [0.15, 0.2) is 5.82 Å². The quantitative estimate of drug-likeness (QED) is 0.927. The molecule has 1 N–H and O–H groups in total. The number of aromatic nitrogens is 3. The lowest BCUT2D eigenvalue weighted by Crippen LogP contribution is -2.29. The van der Waals surface area contributed by atoms with Gasteiger partial charge in [-0.05, 0) is 44.0 Å². The van der Waals surface area contributed by atoms with Crippen LogP contribution in [0.2, 0.25) is 0 Å². The van der Waals surface area contributed by atoms with E-state index in [0.717, 1.165) is 50.2 Å². The summed E-state index contributed by atoms with van der Waals surface area (Å²) in [4.78, 5) is 0.0290. The highest BCUT2D eigenvalue weighted by Crippen LogP contribution is 2.20. The van der Waals surface area contributed by atoms with Crippen LogP contribution in [0.3, 0.4) is 0 Å². The summed E-state index contributed by atoms with van der Waals surface area (Å²) in [6, 6.07) is 4.23. The summed E-state index contributed by atoms with van der Waals surface area (Å²) >= 11 is 0. The summed E-state index contributed by atoms with van der Waals surface area (Å²) in [5.74, 6) is 1.05. The Kier molecular flexibility index (Phi) is 4.45. The molecule has 1 aliphatic rings. The standard InChI is InChI=1S/C15H19FN4O2S/c1-11(15-18-17-14-5-3-2-4-10-20(14)15)19-23(21,22)13-8-6-12(16)7-9-13/h6-9,11,19H,2-5,10H2,1H3. The van der Waals surface area contributed by atoms with E-state index >= 15 is 0 Å². The van der Waals surface area contributed by atoms with Crippen LogP contribution in [0.25, 0.3) is 0 Å². The van der Waals surface area contributed by atoms with Gasteiger partial charge in [0.1, 0.15) is 11.6 Å². The highest BCUT2D eigenvalue weighted by Gasteiger charge is 2.24. The second-order valence-corrected chi connectivity index (χ2v) is 7.45. The number of hydrogen-bond acceptors (Lipinski definition) is 4. The molecule has 1 atom stereocenters. The lowest BCUT2D eigenvalue weighted by molar-refractivity contribution is 0.533. The SMILES string of the molecule is CC(NS(=O)(=O)c1ccc(F)cc1)c1nnc2n1CCCCC2. The molecule has 0 aliphatic carbocycles. The molecule has 1 aromatic carbocycles. The maximum atomic E-state index is 13.0. The predicted molar refractivity (Wildman–Crippen MR) is 82.7 cm³/mol. The number of aryl methyl sites for hydroxylation is 1. The summed E-state index contributed by atoms with van der Waals surface area (Å²) in [5, 5.41) is 8.34. The van der Waals surface area contributed by atoms with Gasteiger partial charge in [-0.1, -0.05) is 6.42 Å². The fourth-order valence-corrected chi connectivity index (χ4v) is 4.00. The lowest BCUT2D eigenvalue weighted by Gasteiger charge is -2.15. The van der Waals surface area contributed by atoms with Crippen molar-refractivity contribution in [1.82, 2.24) is 19.5 Å². The first kappa shape index (κ1) is 16.1. The van der Waals surface area contributed by atoms with Crippen LogP contribution in [0.1, 0.15) is 43.9 Å². The third-order valence-corrected chi connectivity index (χ3v) is 5.54. The van der Waals surface area contributed by atoms with E-state index in [1.165, 1.54) is 12.1 Å². The van der Waals surface area contributed by atoms with E-state index in [1.54, 1.807) is 6.92 Å². The Labute approximate surface area is 134 Å². The zero-order chi connectivity index (χ0) is 16.4. The van der Waals surface area contributed by atoms with Gasteiger partial charge in [0.05, 0.1) is 10.9 Å². The largest absolute Gasteiger partial charge is 0.314 e. The van der Waals surface area contributed by atoms with Gasteiger partial charge < -0.3 is 4.57 Å². The number of halogens is 1. The van der Waals surface area contributed by atoms with Crippen molar-refractivity contribution < 1.29 is 12.8 Å². The maximum Gasteiger partial charge on any atom is 0.241 e. The van der Waals surface area contributed by atoms with Crippen molar-refractivity contribution in [2.75, 3.05) is 0 Å². The fraction of sp³-hybridized carbons (Fsp3) is 0.467. The first-order valence-electron chi connectivity index (χ1n) is 7.67. The second kappa shape index (κ2) is 6.37. The minimum atomic E-state index is -3.74. The number of nitrogens with zero attached hydrogens (tertiary/aromatic N) is 3. The van der Waals surface area contributed by atoms with Crippen molar-refractivity contribution in [1.29, 1.82) is 0 Å². The lowest BCUT2D eigenvalue weighted by atomic mass is 10.2. The molecular formula is C15H19FN4O2S. The predicted octanol–water partition coefficient (Wildman–Crippen LogP) is 2.18. The van der Waals surface area contributed by atoms with Crippen molar-refractivity contribution >= 4 is 10.0 Å². The molecule has 0 amide bonds. The molecule has 1 aliphatic heterocycles. The van der Waals surface area contributed by atoms with Crippen LogP contribution >= 0.6 is 0 Å². The highest BCUT2D eigenvalue weighted by atomic mass is 32.2. The van der Waals surface area contributed by atoms with Gasteiger partial charge in [0, 0.05) is 13.0 Å². The van der Waals surface area contributed by atoms with E-state index in [1.807, 2.05) is 4.57 Å².